The fraction of sp³-hybridized carbons (Fsp3) is 0.143. The Morgan fingerprint density at radius 1 is 1.50 bits per heavy atom. The summed E-state index contributed by atoms with van der Waals surface area (Å²) in [7, 11) is 0. The van der Waals surface area contributed by atoms with Crippen molar-refractivity contribution < 1.29 is 4.79 Å². The SMILES string of the molecule is C=CCNC(=O)c1cc2cc(Cl)ccc2nc1C. The number of pyridine rings is 1. The van der Waals surface area contributed by atoms with Crippen molar-refractivity contribution in [2.24, 2.45) is 0 Å². The monoisotopic (exact) mass is 260 g/mol. The first-order valence-electron chi connectivity index (χ1n) is 5.58. The van der Waals surface area contributed by atoms with Crippen LogP contribution in [-0.4, -0.2) is 17.4 Å². The van der Waals surface area contributed by atoms with Crippen molar-refractivity contribution in [1.29, 1.82) is 0 Å². The molecule has 0 atom stereocenters. The molecule has 0 unspecified atom stereocenters. The lowest BCUT2D eigenvalue weighted by Crippen LogP contribution is -2.24. The van der Waals surface area contributed by atoms with Crippen molar-refractivity contribution in [2.45, 2.75) is 6.92 Å². The Hall–Kier alpha value is -1.87. The predicted octanol–water partition coefficient (Wildman–Crippen LogP) is 3.11. The van der Waals surface area contributed by atoms with Crippen LogP contribution in [0, 0.1) is 6.92 Å². The van der Waals surface area contributed by atoms with E-state index in [9.17, 15) is 4.79 Å². The highest BCUT2D eigenvalue weighted by Gasteiger charge is 2.10. The number of fused-ring (bicyclic) bond motifs is 1. The first-order valence-corrected chi connectivity index (χ1v) is 5.95. The molecule has 0 saturated heterocycles. The van der Waals surface area contributed by atoms with Gasteiger partial charge in [0, 0.05) is 17.0 Å². The number of nitrogens with zero attached hydrogens (tertiary/aromatic N) is 1. The molecule has 1 amide bonds. The molecular formula is C14H13ClN2O. The Morgan fingerprint density at radius 3 is 3.00 bits per heavy atom. The molecule has 1 aromatic heterocycles. The van der Waals surface area contributed by atoms with E-state index in [1.54, 1.807) is 18.2 Å². The van der Waals surface area contributed by atoms with E-state index in [-0.39, 0.29) is 5.91 Å². The summed E-state index contributed by atoms with van der Waals surface area (Å²) in [6, 6.07) is 7.24. The zero-order valence-electron chi connectivity index (χ0n) is 10.0. The first-order chi connectivity index (χ1) is 8.61. The molecule has 0 spiro atoms. The average Bonchev–Trinajstić information content (AvgIpc) is 2.35. The van der Waals surface area contributed by atoms with E-state index in [1.165, 1.54) is 0 Å². The number of nitrogens with one attached hydrogen (secondary N) is 1. The number of hydrogen-bond donors (Lipinski definition) is 1. The molecule has 0 aliphatic heterocycles. The van der Waals surface area contributed by atoms with Gasteiger partial charge in [0.05, 0.1) is 16.8 Å². The Morgan fingerprint density at radius 2 is 2.28 bits per heavy atom. The maximum Gasteiger partial charge on any atom is 0.253 e. The lowest BCUT2D eigenvalue weighted by atomic mass is 10.1. The molecule has 18 heavy (non-hydrogen) atoms. The van der Waals surface area contributed by atoms with E-state index >= 15 is 0 Å². The zero-order chi connectivity index (χ0) is 13.1. The lowest BCUT2D eigenvalue weighted by molar-refractivity contribution is 0.0957. The largest absolute Gasteiger partial charge is 0.349 e. The molecule has 0 aliphatic carbocycles. The van der Waals surface area contributed by atoms with Crippen molar-refractivity contribution in [3.05, 3.63) is 53.2 Å². The van der Waals surface area contributed by atoms with Gasteiger partial charge in [-0.2, -0.15) is 0 Å². The second-order valence-electron chi connectivity index (χ2n) is 3.96. The van der Waals surface area contributed by atoms with Crippen molar-refractivity contribution in [1.82, 2.24) is 10.3 Å². The molecule has 0 bridgehead atoms. The minimum atomic E-state index is -0.151. The molecule has 3 nitrogen and oxygen atoms in total. The lowest BCUT2D eigenvalue weighted by Gasteiger charge is -2.07. The zero-order valence-corrected chi connectivity index (χ0v) is 10.8. The molecule has 0 fully saturated rings. The maximum absolute atomic E-state index is 11.9. The van der Waals surface area contributed by atoms with Gasteiger partial charge in [0.2, 0.25) is 0 Å². The standard InChI is InChI=1S/C14H13ClN2O/c1-3-6-16-14(18)12-8-10-7-11(15)4-5-13(10)17-9(12)2/h3-5,7-8H,1,6H2,2H3,(H,16,18). The summed E-state index contributed by atoms with van der Waals surface area (Å²) in [5, 5.41) is 4.23. The van der Waals surface area contributed by atoms with Crippen molar-refractivity contribution in [3.63, 3.8) is 0 Å². The van der Waals surface area contributed by atoms with E-state index < -0.39 is 0 Å². The van der Waals surface area contributed by atoms with Crippen LogP contribution in [0.5, 0.6) is 0 Å². The van der Waals surface area contributed by atoms with E-state index in [2.05, 4.69) is 16.9 Å². The summed E-state index contributed by atoms with van der Waals surface area (Å²) in [5.74, 6) is -0.151. The molecule has 0 aliphatic rings. The van der Waals surface area contributed by atoms with Gasteiger partial charge in [0.25, 0.3) is 5.91 Å². The molecule has 1 aromatic carbocycles. The van der Waals surface area contributed by atoms with Crippen LogP contribution in [0.2, 0.25) is 5.02 Å². The fourth-order valence-corrected chi connectivity index (χ4v) is 1.91. The third-order valence-electron chi connectivity index (χ3n) is 2.62. The summed E-state index contributed by atoms with van der Waals surface area (Å²) in [6.45, 7) is 5.82. The Balaban J connectivity index is 2.47. The Labute approximate surface area is 110 Å². The van der Waals surface area contributed by atoms with Gasteiger partial charge in [-0.25, -0.2) is 0 Å². The molecule has 0 saturated carbocycles. The second kappa shape index (κ2) is 5.19. The van der Waals surface area contributed by atoms with Crippen LogP contribution < -0.4 is 5.32 Å². The highest BCUT2D eigenvalue weighted by Crippen LogP contribution is 2.20. The molecule has 2 rings (SSSR count). The van der Waals surface area contributed by atoms with Gasteiger partial charge in [0.15, 0.2) is 0 Å². The summed E-state index contributed by atoms with van der Waals surface area (Å²) in [6.07, 6.45) is 1.64. The number of carbonyl (C=O) groups excluding carboxylic acids is 1. The predicted molar refractivity (Wildman–Crippen MR) is 74.0 cm³/mol. The Kier molecular flexibility index (Phi) is 3.63. The number of rotatable bonds is 3. The Bertz CT molecular complexity index is 622. The fourth-order valence-electron chi connectivity index (χ4n) is 1.73. The highest BCUT2D eigenvalue weighted by atomic mass is 35.5. The van der Waals surface area contributed by atoms with Crippen LogP contribution in [0.1, 0.15) is 16.1 Å². The van der Waals surface area contributed by atoms with Crippen molar-refractivity contribution in [3.8, 4) is 0 Å². The second-order valence-corrected chi connectivity index (χ2v) is 4.39. The van der Waals surface area contributed by atoms with Crippen LogP contribution in [-0.2, 0) is 0 Å². The molecule has 4 heteroatoms. The number of amides is 1. The number of benzene rings is 1. The number of aryl methyl sites for hydroxylation is 1. The molecule has 0 radical (unpaired) electrons. The van der Waals surface area contributed by atoms with E-state index in [0.717, 1.165) is 10.9 Å². The average molecular weight is 261 g/mol. The first kappa shape index (κ1) is 12.6. The molecule has 1 N–H and O–H groups in total. The minimum Gasteiger partial charge on any atom is -0.349 e. The third-order valence-corrected chi connectivity index (χ3v) is 2.85. The van der Waals surface area contributed by atoms with Crippen molar-refractivity contribution >= 4 is 28.4 Å². The van der Waals surface area contributed by atoms with Gasteiger partial charge in [-0.15, -0.1) is 6.58 Å². The summed E-state index contributed by atoms with van der Waals surface area (Å²) < 4.78 is 0. The number of hydrogen-bond acceptors (Lipinski definition) is 2. The molecular weight excluding hydrogens is 248 g/mol. The summed E-state index contributed by atoms with van der Waals surface area (Å²) >= 11 is 5.93. The topological polar surface area (TPSA) is 42.0 Å². The quantitative estimate of drug-likeness (QED) is 0.862. The van der Waals surface area contributed by atoms with Gasteiger partial charge in [-0.3, -0.25) is 9.78 Å². The van der Waals surface area contributed by atoms with Crippen molar-refractivity contribution in [2.75, 3.05) is 6.54 Å². The normalized spacial score (nSPS) is 10.3. The van der Waals surface area contributed by atoms with Gasteiger partial charge >= 0.3 is 0 Å². The molecule has 1 heterocycles. The summed E-state index contributed by atoms with van der Waals surface area (Å²) in [4.78, 5) is 16.3. The van der Waals surface area contributed by atoms with Gasteiger partial charge in [-0.05, 0) is 31.2 Å². The van der Waals surface area contributed by atoms with E-state index in [1.807, 2.05) is 19.1 Å². The molecule has 92 valence electrons. The van der Waals surface area contributed by atoms with E-state index in [0.29, 0.717) is 22.8 Å². The number of aromatic nitrogens is 1. The highest BCUT2D eigenvalue weighted by molar-refractivity contribution is 6.31. The van der Waals surface area contributed by atoms with Gasteiger partial charge < -0.3 is 5.32 Å². The maximum atomic E-state index is 11.9. The van der Waals surface area contributed by atoms with Crippen LogP contribution in [0.4, 0.5) is 0 Å². The summed E-state index contributed by atoms with van der Waals surface area (Å²) in [5.41, 5.74) is 2.09. The van der Waals surface area contributed by atoms with Gasteiger partial charge in [-0.1, -0.05) is 17.7 Å². The smallest absolute Gasteiger partial charge is 0.253 e. The number of halogens is 1. The minimum absolute atomic E-state index is 0.151. The van der Waals surface area contributed by atoms with Crippen LogP contribution in [0.3, 0.4) is 0 Å². The number of carbonyl (C=O) groups is 1. The van der Waals surface area contributed by atoms with Gasteiger partial charge in [0.1, 0.15) is 0 Å². The molecule has 2 aromatic rings. The third kappa shape index (κ3) is 2.51. The van der Waals surface area contributed by atoms with Crippen LogP contribution in [0.25, 0.3) is 10.9 Å². The van der Waals surface area contributed by atoms with Crippen LogP contribution in [0.15, 0.2) is 36.9 Å². The van der Waals surface area contributed by atoms with E-state index in [4.69, 9.17) is 11.6 Å². The van der Waals surface area contributed by atoms with Crippen LogP contribution >= 0.6 is 11.6 Å².